The van der Waals surface area contributed by atoms with Crippen molar-refractivity contribution in [2.45, 2.75) is 13.1 Å². The first-order valence-electron chi connectivity index (χ1n) is 17.1. The smallest absolute Gasteiger partial charge is 0.0997 e. The first kappa shape index (κ1) is 37.8. The van der Waals surface area contributed by atoms with E-state index in [0.717, 1.165) is 12.1 Å². The van der Waals surface area contributed by atoms with Crippen LogP contribution in [-0.2, 0) is 13.1 Å². The zero-order chi connectivity index (χ0) is 33.9. The second kappa shape index (κ2) is 17.2. The lowest BCUT2D eigenvalue weighted by molar-refractivity contribution is -0.386. The van der Waals surface area contributed by atoms with Gasteiger partial charge < -0.3 is 28.4 Å². The number of benzene rings is 8. The van der Waals surface area contributed by atoms with E-state index in [1.165, 1.54) is 70.1 Å². The zero-order valence-electron chi connectivity index (χ0n) is 28.7. The molecule has 0 aliphatic carbocycles. The van der Waals surface area contributed by atoms with Gasteiger partial charge in [0.1, 0.15) is 0 Å². The molecule has 0 spiro atoms. The minimum atomic E-state index is -0.907. The Morgan fingerprint density at radius 1 is 0.423 bits per heavy atom. The molecular weight excluding hydrogens is 802 g/mol. The summed E-state index contributed by atoms with van der Waals surface area (Å²) in [5.74, 6) is 0. The van der Waals surface area contributed by atoms with Crippen molar-refractivity contribution in [3.8, 4) is 11.1 Å². The van der Waals surface area contributed by atoms with Crippen LogP contribution in [0.4, 0.5) is 0 Å². The lowest BCUT2D eigenvalue weighted by Gasteiger charge is -2.28. The molecule has 8 aromatic rings. The Morgan fingerprint density at radius 2 is 0.769 bits per heavy atom. The summed E-state index contributed by atoms with van der Waals surface area (Å²) in [5, 5.41) is 13.0. The molecule has 0 radical (unpaired) electrons. The van der Waals surface area contributed by atoms with Crippen molar-refractivity contribution in [2.24, 2.45) is 5.73 Å². The van der Waals surface area contributed by atoms with Crippen molar-refractivity contribution in [3.05, 3.63) is 193 Å². The Labute approximate surface area is 330 Å². The van der Waals surface area contributed by atoms with E-state index in [1.54, 1.807) is 0 Å². The average molecular weight is 843 g/mol. The summed E-state index contributed by atoms with van der Waals surface area (Å²) >= 11 is 0. The second-order valence-electron chi connectivity index (χ2n) is 12.5. The summed E-state index contributed by atoms with van der Waals surface area (Å²) in [5.41, 5.74) is 15.4. The maximum atomic E-state index is 6.22. The number of hydrogen-bond donors (Lipinski definition) is 2. The van der Waals surface area contributed by atoms with Gasteiger partial charge in [-0.25, -0.2) is 0 Å². The van der Waals surface area contributed by atoms with Crippen LogP contribution < -0.4 is 60.3 Å². The molecule has 2 nitrogen and oxygen atoms in total. The standard InChI is InChI=1S/C46H38N2P2.2BrH/c47-31-33-21-25-41-35(29-33)23-27-43(49(37-13-5-1-6-14-37)38-15-7-2-8-16-38)45(41)46-42-26-22-34(32-48)30-36(42)24-28-44(46)50(39-17-9-3-10-18-39)40-19-11-4-12-20-40;;/h1-30H,31-32,47-48H2;2*1H. The number of fused-ring (bicyclic) bond motifs is 2. The van der Waals surface area contributed by atoms with Gasteiger partial charge in [0.25, 0.3) is 0 Å². The maximum absolute atomic E-state index is 6.22. The fourth-order valence-corrected chi connectivity index (χ4v) is 12.0. The van der Waals surface area contributed by atoms with Crippen LogP contribution in [0.15, 0.2) is 182 Å². The molecule has 0 saturated heterocycles. The molecule has 0 atom stereocenters. The lowest BCUT2D eigenvalue weighted by atomic mass is 9.92. The molecule has 0 unspecified atom stereocenters. The van der Waals surface area contributed by atoms with Gasteiger partial charge in [-0.1, -0.05) is 170 Å². The Bertz CT molecular complexity index is 2160. The van der Waals surface area contributed by atoms with Gasteiger partial charge >= 0.3 is 0 Å². The Kier molecular flexibility index (Phi) is 12.5. The van der Waals surface area contributed by atoms with Crippen molar-refractivity contribution in [2.75, 3.05) is 0 Å². The van der Waals surface area contributed by atoms with E-state index in [-0.39, 0.29) is 34.0 Å². The van der Waals surface area contributed by atoms with Gasteiger partial charge in [-0.05, 0) is 98.0 Å². The first-order chi connectivity index (χ1) is 24.7. The minimum Gasteiger partial charge on any atom is -1.00 e. The minimum absolute atomic E-state index is 0. The van der Waals surface area contributed by atoms with Gasteiger partial charge in [-0.3, -0.25) is 0 Å². The topological polar surface area (TPSA) is 53.7 Å². The number of nitrogens with two attached hydrogens (primary N) is 1. The van der Waals surface area contributed by atoms with Gasteiger partial charge in [-0.15, -0.1) is 17.0 Å². The van der Waals surface area contributed by atoms with Gasteiger partial charge in [0.2, 0.25) is 0 Å². The van der Waals surface area contributed by atoms with E-state index < -0.39 is 15.8 Å². The molecule has 258 valence electrons. The van der Waals surface area contributed by atoms with Gasteiger partial charge in [0.15, 0.2) is 0 Å². The Morgan fingerprint density at radius 3 is 1.12 bits per heavy atom. The summed E-state index contributed by atoms with van der Waals surface area (Å²) in [6.07, 6.45) is 0. The lowest BCUT2D eigenvalue weighted by Crippen LogP contribution is -3.00. The van der Waals surface area contributed by atoms with Crippen molar-refractivity contribution in [1.29, 1.82) is 0 Å². The molecule has 0 bridgehead atoms. The molecule has 5 N–H and O–H groups in total. The highest BCUT2D eigenvalue weighted by Crippen LogP contribution is 2.45. The van der Waals surface area contributed by atoms with E-state index in [9.17, 15) is 0 Å². The number of halogens is 2. The molecule has 6 heteroatoms. The Balaban J connectivity index is 0.00000232. The highest BCUT2D eigenvalue weighted by atomic mass is 79.9. The van der Waals surface area contributed by atoms with Crippen LogP contribution in [-0.4, -0.2) is 0 Å². The highest BCUT2D eigenvalue weighted by Gasteiger charge is 2.28. The summed E-state index contributed by atoms with van der Waals surface area (Å²) in [4.78, 5) is 0. The first-order valence-corrected chi connectivity index (χ1v) is 19.8. The van der Waals surface area contributed by atoms with E-state index in [0.29, 0.717) is 6.54 Å². The summed E-state index contributed by atoms with van der Waals surface area (Å²) in [6.45, 7) is 1.26. The van der Waals surface area contributed by atoms with Crippen molar-refractivity contribution in [3.63, 3.8) is 0 Å². The monoisotopic (exact) mass is 840 g/mol. The van der Waals surface area contributed by atoms with Crippen LogP contribution in [0.25, 0.3) is 32.7 Å². The van der Waals surface area contributed by atoms with E-state index in [1.807, 2.05) is 0 Å². The molecule has 52 heavy (non-hydrogen) atoms. The van der Waals surface area contributed by atoms with E-state index >= 15 is 0 Å². The molecule has 8 rings (SSSR count). The predicted octanol–water partition coefficient (Wildman–Crippen LogP) is 4.96. The SMILES string of the molecule is Br.NCc1ccc2c(-c3c(P(c4ccccc4)c4ccccc4)ccc4cc(C[NH3+])ccc34)c(P(c3ccccc3)c3ccccc3)ccc2c1.[Br-]. The van der Waals surface area contributed by atoms with Crippen LogP contribution in [0.3, 0.4) is 0 Å². The third-order valence-corrected chi connectivity index (χ3v) is 14.4. The summed E-state index contributed by atoms with van der Waals surface area (Å²) < 4.78 is 0. The molecule has 0 aliphatic rings. The molecule has 0 fully saturated rings. The molecule has 0 heterocycles. The largest absolute Gasteiger partial charge is 1.00 e. The van der Waals surface area contributed by atoms with Crippen LogP contribution in [0, 0.1) is 0 Å². The van der Waals surface area contributed by atoms with Crippen molar-refractivity contribution in [1.82, 2.24) is 0 Å². The zero-order valence-corrected chi connectivity index (χ0v) is 33.8. The maximum Gasteiger partial charge on any atom is 0.0997 e. The fraction of sp³-hybridized carbons (Fsp3) is 0.0435. The average Bonchev–Trinajstić information content (AvgIpc) is 3.19. The van der Waals surface area contributed by atoms with E-state index in [4.69, 9.17) is 5.73 Å². The van der Waals surface area contributed by atoms with Crippen molar-refractivity contribution < 1.29 is 22.7 Å². The third-order valence-electron chi connectivity index (χ3n) is 9.44. The van der Waals surface area contributed by atoms with Crippen LogP contribution >= 0.6 is 32.8 Å². The normalized spacial score (nSPS) is 11.1. The van der Waals surface area contributed by atoms with Crippen LogP contribution in [0.5, 0.6) is 0 Å². The second-order valence-corrected chi connectivity index (χ2v) is 16.9. The van der Waals surface area contributed by atoms with Gasteiger partial charge in [-0.2, -0.15) is 0 Å². The van der Waals surface area contributed by atoms with E-state index in [2.05, 4.69) is 188 Å². The van der Waals surface area contributed by atoms with Gasteiger partial charge in [0.05, 0.1) is 6.54 Å². The number of hydrogen-bond acceptors (Lipinski definition) is 1. The summed E-state index contributed by atoms with van der Waals surface area (Å²) in [7, 11) is -1.81. The predicted molar refractivity (Wildman–Crippen MR) is 229 cm³/mol. The molecular formula is C46H40Br2N2P2. The quantitative estimate of drug-likeness (QED) is 0.199. The van der Waals surface area contributed by atoms with Crippen LogP contribution in [0.2, 0.25) is 0 Å². The Hall–Kier alpha value is -3.98. The molecule has 0 saturated carbocycles. The number of rotatable bonds is 9. The fourth-order valence-electron chi connectivity index (χ4n) is 7.08. The van der Waals surface area contributed by atoms with Crippen molar-refractivity contribution >= 4 is 86.2 Å². The molecule has 8 aromatic carbocycles. The molecule has 0 aromatic heterocycles. The van der Waals surface area contributed by atoms with Crippen LogP contribution in [0.1, 0.15) is 11.1 Å². The number of quaternary nitrogens is 1. The summed E-state index contributed by atoms with van der Waals surface area (Å²) in [6, 6.07) is 67.5. The highest BCUT2D eigenvalue weighted by molar-refractivity contribution is 8.93. The van der Waals surface area contributed by atoms with Gasteiger partial charge in [0, 0.05) is 12.1 Å². The molecule has 0 aliphatic heterocycles. The third kappa shape index (κ3) is 7.43. The molecule has 0 amide bonds.